The summed E-state index contributed by atoms with van der Waals surface area (Å²) in [4.78, 5) is 6.90. The Kier molecular flexibility index (Phi) is 3.71. The van der Waals surface area contributed by atoms with Crippen LogP contribution in [0, 0.1) is 6.92 Å². The molecule has 0 radical (unpaired) electrons. The van der Waals surface area contributed by atoms with E-state index in [9.17, 15) is 0 Å². The van der Waals surface area contributed by atoms with Gasteiger partial charge in [0.2, 0.25) is 5.89 Å². The number of aromatic nitrogens is 2. The van der Waals surface area contributed by atoms with Crippen molar-refractivity contribution in [3.63, 3.8) is 0 Å². The summed E-state index contributed by atoms with van der Waals surface area (Å²) in [6.45, 7) is 7.11. The van der Waals surface area contributed by atoms with Gasteiger partial charge in [0.1, 0.15) is 13.2 Å². The standard InChI is InChI=1S/C20H25N3O3/c1-13-15-9-17-18(25-8-7-24-17)10-16(15)20(5-3-4-6-20)12-23(13)11-19-21-14(2)22-26-19/h9-10,13H,3-8,11-12H2,1-2H3. The van der Waals surface area contributed by atoms with E-state index in [1.54, 1.807) is 0 Å². The average molecular weight is 355 g/mol. The molecular formula is C20H25N3O3. The van der Waals surface area contributed by atoms with Gasteiger partial charge in [-0.2, -0.15) is 4.98 Å². The Morgan fingerprint density at radius 3 is 2.58 bits per heavy atom. The highest BCUT2D eigenvalue weighted by Crippen LogP contribution is 2.52. The Morgan fingerprint density at radius 2 is 1.88 bits per heavy atom. The van der Waals surface area contributed by atoms with E-state index in [0.29, 0.717) is 31.5 Å². The summed E-state index contributed by atoms with van der Waals surface area (Å²) in [6.07, 6.45) is 5.03. The van der Waals surface area contributed by atoms with Gasteiger partial charge in [-0.15, -0.1) is 0 Å². The van der Waals surface area contributed by atoms with Gasteiger partial charge in [0.25, 0.3) is 0 Å². The van der Waals surface area contributed by atoms with Crippen molar-refractivity contribution >= 4 is 0 Å². The maximum atomic E-state index is 5.88. The topological polar surface area (TPSA) is 60.6 Å². The zero-order valence-electron chi connectivity index (χ0n) is 15.5. The smallest absolute Gasteiger partial charge is 0.240 e. The Morgan fingerprint density at radius 1 is 1.15 bits per heavy atom. The van der Waals surface area contributed by atoms with Gasteiger partial charge in [-0.25, -0.2) is 0 Å². The summed E-state index contributed by atoms with van der Waals surface area (Å²) in [5.41, 5.74) is 3.02. The van der Waals surface area contributed by atoms with Gasteiger partial charge in [-0.05, 0) is 49.9 Å². The van der Waals surface area contributed by atoms with Crippen LogP contribution >= 0.6 is 0 Å². The monoisotopic (exact) mass is 355 g/mol. The third kappa shape index (κ3) is 2.50. The number of rotatable bonds is 2. The van der Waals surface area contributed by atoms with Gasteiger partial charge in [0.15, 0.2) is 17.3 Å². The molecule has 1 aromatic heterocycles. The number of ether oxygens (including phenoxy) is 2. The molecule has 1 unspecified atom stereocenters. The summed E-state index contributed by atoms with van der Waals surface area (Å²) in [5, 5.41) is 3.95. The van der Waals surface area contributed by atoms with Crippen LogP contribution < -0.4 is 9.47 Å². The number of benzene rings is 1. The molecule has 138 valence electrons. The Balaban J connectivity index is 1.56. The summed E-state index contributed by atoms with van der Waals surface area (Å²) in [6, 6.07) is 4.75. The molecule has 5 rings (SSSR count). The molecule has 26 heavy (non-hydrogen) atoms. The summed E-state index contributed by atoms with van der Waals surface area (Å²) in [5.74, 6) is 3.18. The molecule has 2 aliphatic heterocycles. The zero-order valence-corrected chi connectivity index (χ0v) is 15.5. The van der Waals surface area contributed by atoms with Crippen molar-refractivity contribution in [1.29, 1.82) is 0 Å². The molecule has 1 atom stereocenters. The summed E-state index contributed by atoms with van der Waals surface area (Å²) in [7, 11) is 0. The molecule has 6 heteroatoms. The Hall–Kier alpha value is -2.08. The molecule has 6 nitrogen and oxygen atoms in total. The Bertz CT molecular complexity index is 826. The van der Waals surface area contributed by atoms with Crippen LogP contribution in [0.2, 0.25) is 0 Å². The summed E-state index contributed by atoms with van der Waals surface area (Å²) < 4.78 is 17.1. The predicted molar refractivity (Wildman–Crippen MR) is 95.4 cm³/mol. The molecule has 2 aromatic rings. The molecule has 3 heterocycles. The van der Waals surface area contributed by atoms with Crippen molar-refractivity contribution in [3.05, 3.63) is 35.0 Å². The molecule has 1 spiro atoms. The lowest BCUT2D eigenvalue weighted by molar-refractivity contribution is 0.111. The van der Waals surface area contributed by atoms with Gasteiger partial charge >= 0.3 is 0 Å². The molecule has 1 saturated carbocycles. The molecule has 1 aromatic carbocycles. The van der Waals surface area contributed by atoms with Gasteiger partial charge in [0.05, 0.1) is 6.54 Å². The van der Waals surface area contributed by atoms with Gasteiger partial charge < -0.3 is 14.0 Å². The van der Waals surface area contributed by atoms with E-state index in [1.807, 2.05) is 6.92 Å². The van der Waals surface area contributed by atoms with E-state index < -0.39 is 0 Å². The average Bonchev–Trinajstić information content (AvgIpc) is 3.28. The molecule has 0 bridgehead atoms. The summed E-state index contributed by atoms with van der Waals surface area (Å²) >= 11 is 0. The number of fused-ring (bicyclic) bond motifs is 3. The van der Waals surface area contributed by atoms with E-state index in [-0.39, 0.29) is 11.5 Å². The first-order valence-corrected chi connectivity index (χ1v) is 9.62. The van der Waals surface area contributed by atoms with Crippen LogP contribution in [0.4, 0.5) is 0 Å². The van der Waals surface area contributed by atoms with Crippen LogP contribution in [0.25, 0.3) is 0 Å². The maximum Gasteiger partial charge on any atom is 0.240 e. The third-order valence-electron chi connectivity index (χ3n) is 6.26. The molecule has 0 saturated heterocycles. The number of nitrogens with zero attached hydrogens (tertiary/aromatic N) is 3. The maximum absolute atomic E-state index is 5.88. The van der Waals surface area contributed by atoms with Gasteiger partial charge in [0, 0.05) is 18.0 Å². The first-order valence-electron chi connectivity index (χ1n) is 9.62. The van der Waals surface area contributed by atoms with Crippen LogP contribution in [-0.2, 0) is 12.0 Å². The molecular weight excluding hydrogens is 330 g/mol. The SMILES string of the molecule is Cc1noc(CN2CC3(CCCC3)c3cc4c(cc3C2C)OCCO4)n1. The van der Waals surface area contributed by atoms with Crippen molar-refractivity contribution in [2.75, 3.05) is 19.8 Å². The van der Waals surface area contributed by atoms with Crippen LogP contribution in [0.1, 0.15) is 61.5 Å². The molecule has 0 amide bonds. The number of aryl methyl sites for hydroxylation is 1. The quantitative estimate of drug-likeness (QED) is 0.821. The lowest BCUT2D eigenvalue weighted by atomic mass is 9.71. The largest absolute Gasteiger partial charge is 0.486 e. The first kappa shape index (κ1) is 16.1. The van der Waals surface area contributed by atoms with Crippen molar-refractivity contribution < 1.29 is 14.0 Å². The van der Waals surface area contributed by atoms with Crippen molar-refractivity contribution in [2.24, 2.45) is 0 Å². The molecule has 0 N–H and O–H groups in total. The Labute approximate surface area is 153 Å². The van der Waals surface area contributed by atoms with E-state index in [0.717, 1.165) is 18.0 Å². The second-order valence-electron chi connectivity index (χ2n) is 7.89. The van der Waals surface area contributed by atoms with Gasteiger partial charge in [-0.1, -0.05) is 18.0 Å². The second-order valence-corrected chi connectivity index (χ2v) is 7.89. The highest BCUT2D eigenvalue weighted by molar-refractivity contribution is 5.53. The van der Waals surface area contributed by atoms with Crippen LogP contribution in [-0.4, -0.2) is 34.8 Å². The number of hydrogen-bond donors (Lipinski definition) is 0. The second kappa shape index (κ2) is 5.98. The van der Waals surface area contributed by atoms with E-state index >= 15 is 0 Å². The lowest BCUT2D eigenvalue weighted by Gasteiger charge is -2.46. The van der Waals surface area contributed by atoms with Crippen molar-refractivity contribution in [3.8, 4) is 11.5 Å². The van der Waals surface area contributed by atoms with E-state index in [4.69, 9.17) is 14.0 Å². The first-order chi connectivity index (χ1) is 12.6. The molecule has 3 aliphatic rings. The minimum atomic E-state index is 0.201. The normalized spacial score (nSPS) is 24.0. The van der Waals surface area contributed by atoms with Crippen LogP contribution in [0.3, 0.4) is 0 Å². The van der Waals surface area contributed by atoms with E-state index in [1.165, 1.54) is 36.8 Å². The highest BCUT2D eigenvalue weighted by atomic mass is 16.6. The fraction of sp³-hybridized carbons (Fsp3) is 0.600. The molecule has 1 aliphatic carbocycles. The van der Waals surface area contributed by atoms with E-state index in [2.05, 4.69) is 34.1 Å². The van der Waals surface area contributed by atoms with Crippen molar-refractivity contribution in [2.45, 2.75) is 57.5 Å². The molecule has 1 fully saturated rings. The third-order valence-corrected chi connectivity index (χ3v) is 6.26. The van der Waals surface area contributed by atoms with Crippen LogP contribution in [0.5, 0.6) is 11.5 Å². The minimum absolute atomic E-state index is 0.201. The van der Waals surface area contributed by atoms with Gasteiger partial charge in [-0.3, -0.25) is 4.90 Å². The fourth-order valence-corrected chi connectivity index (χ4v) is 4.97. The minimum Gasteiger partial charge on any atom is -0.486 e. The highest BCUT2D eigenvalue weighted by Gasteiger charge is 2.45. The predicted octanol–water partition coefficient (Wildman–Crippen LogP) is 3.54. The van der Waals surface area contributed by atoms with Crippen LogP contribution in [0.15, 0.2) is 16.7 Å². The number of hydrogen-bond acceptors (Lipinski definition) is 6. The zero-order chi connectivity index (χ0) is 17.7. The van der Waals surface area contributed by atoms with Crippen molar-refractivity contribution in [1.82, 2.24) is 15.0 Å². The fourth-order valence-electron chi connectivity index (χ4n) is 4.97. The lowest BCUT2D eigenvalue weighted by Crippen LogP contribution is -2.45.